The quantitative estimate of drug-likeness (QED) is 0.768. The number of halogens is 2. The maximum Gasteiger partial charge on any atom is 0.134 e. The maximum absolute atomic E-state index is 13.0. The summed E-state index contributed by atoms with van der Waals surface area (Å²) in [4.78, 5) is 0. The first-order valence-corrected chi connectivity index (χ1v) is 7.11. The molecule has 2 rings (SSSR count). The third-order valence-corrected chi connectivity index (χ3v) is 4.16. The van der Waals surface area contributed by atoms with E-state index in [0.29, 0.717) is 10.4 Å². The minimum absolute atomic E-state index is 0.236. The minimum atomic E-state index is -0.236. The molecule has 1 saturated carbocycles. The molecule has 1 nitrogen and oxygen atoms in total. The van der Waals surface area contributed by atoms with Gasteiger partial charge in [-0.25, -0.2) is 4.39 Å². The van der Waals surface area contributed by atoms with Crippen LogP contribution < -0.4 is 4.74 Å². The number of hydrogen-bond donors (Lipinski definition) is 0. The highest BCUT2D eigenvalue weighted by Crippen LogP contribution is 2.33. The van der Waals surface area contributed by atoms with Crippen molar-refractivity contribution in [1.29, 1.82) is 0 Å². The van der Waals surface area contributed by atoms with Gasteiger partial charge in [0.1, 0.15) is 17.7 Å². The fourth-order valence-corrected chi connectivity index (χ4v) is 2.97. The predicted octanol–water partition coefficient (Wildman–Crippen LogP) is 4.94. The van der Waals surface area contributed by atoms with Crippen molar-refractivity contribution in [3.8, 4) is 5.75 Å². The van der Waals surface area contributed by atoms with Gasteiger partial charge in [0.2, 0.25) is 0 Å². The van der Waals surface area contributed by atoms with E-state index in [1.54, 1.807) is 6.07 Å². The molecule has 0 N–H and O–H groups in total. The molecule has 0 amide bonds. The first-order chi connectivity index (χ1) is 8.20. The molecule has 0 aromatic heterocycles. The monoisotopic (exact) mass is 300 g/mol. The van der Waals surface area contributed by atoms with Crippen LogP contribution in [-0.2, 0) is 0 Å². The van der Waals surface area contributed by atoms with Crippen molar-refractivity contribution in [3.63, 3.8) is 0 Å². The molecule has 3 heteroatoms. The fourth-order valence-electron chi connectivity index (χ4n) is 2.53. The van der Waals surface area contributed by atoms with Gasteiger partial charge < -0.3 is 4.74 Å². The maximum atomic E-state index is 13.0. The highest BCUT2D eigenvalue weighted by molar-refractivity contribution is 9.10. The summed E-state index contributed by atoms with van der Waals surface area (Å²) in [7, 11) is 0. The zero-order valence-corrected chi connectivity index (χ0v) is 11.7. The molecular weight excluding hydrogens is 283 g/mol. The molecular formula is C14H18BrFO. The standard InChI is InChI=1S/C14H18BrFO/c1-2-10-5-3-4-6-13(10)17-14-8-7-11(16)9-12(14)15/h7-10,13H,2-6H2,1H3. The molecule has 2 unspecified atom stereocenters. The van der Waals surface area contributed by atoms with Crippen molar-refractivity contribution in [2.75, 3.05) is 0 Å². The summed E-state index contributed by atoms with van der Waals surface area (Å²) in [6.45, 7) is 2.21. The second-order valence-corrected chi connectivity index (χ2v) is 5.54. The Kier molecular flexibility index (Phi) is 4.43. The summed E-state index contributed by atoms with van der Waals surface area (Å²) in [6, 6.07) is 4.61. The van der Waals surface area contributed by atoms with Crippen molar-refractivity contribution < 1.29 is 9.13 Å². The minimum Gasteiger partial charge on any atom is -0.489 e. The van der Waals surface area contributed by atoms with Gasteiger partial charge in [0.05, 0.1) is 4.47 Å². The summed E-state index contributed by atoms with van der Waals surface area (Å²) in [5.41, 5.74) is 0. The Morgan fingerprint density at radius 2 is 2.12 bits per heavy atom. The van der Waals surface area contributed by atoms with Gasteiger partial charge in [-0.15, -0.1) is 0 Å². The first-order valence-electron chi connectivity index (χ1n) is 6.32. The van der Waals surface area contributed by atoms with E-state index >= 15 is 0 Å². The Morgan fingerprint density at radius 1 is 1.35 bits per heavy atom. The molecule has 0 radical (unpaired) electrons. The second kappa shape index (κ2) is 5.85. The van der Waals surface area contributed by atoms with Crippen LogP contribution in [0.3, 0.4) is 0 Å². The summed E-state index contributed by atoms with van der Waals surface area (Å²) in [5.74, 6) is 1.16. The van der Waals surface area contributed by atoms with Crippen molar-refractivity contribution in [1.82, 2.24) is 0 Å². The summed E-state index contributed by atoms with van der Waals surface area (Å²) in [6.07, 6.45) is 6.35. The molecule has 0 aliphatic heterocycles. The number of rotatable bonds is 3. The molecule has 0 spiro atoms. The van der Waals surface area contributed by atoms with Crippen LogP contribution in [0.2, 0.25) is 0 Å². The van der Waals surface area contributed by atoms with Crippen molar-refractivity contribution >= 4 is 15.9 Å². The molecule has 0 bridgehead atoms. The van der Waals surface area contributed by atoms with Crippen LogP contribution >= 0.6 is 15.9 Å². The van der Waals surface area contributed by atoms with Crippen molar-refractivity contribution in [2.24, 2.45) is 5.92 Å². The normalized spacial score (nSPS) is 24.6. The Labute approximate surface area is 110 Å². The number of benzene rings is 1. The summed E-state index contributed by atoms with van der Waals surface area (Å²) < 4.78 is 19.7. The van der Waals surface area contributed by atoms with E-state index in [4.69, 9.17) is 4.74 Å². The van der Waals surface area contributed by atoms with Gasteiger partial charge in [0, 0.05) is 0 Å². The third kappa shape index (κ3) is 3.21. The highest BCUT2D eigenvalue weighted by atomic mass is 79.9. The van der Waals surface area contributed by atoms with Crippen LogP contribution in [0.25, 0.3) is 0 Å². The van der Waals surface area contributed by atoms with Crippen molar-refractivity contribution in [3.05, 3.63) is 28.5 Å². The summed E-state index contributed by atoms with van der Waals surface area (Å²) in [5, 5.41) is 0. The largest absolute Gasteiger partial charge is 0.489 e. The molecule has 17 heavy (non-hydrogen) atoms. The molecule has 2 atom stereocenters. The fraction of sp³-hybridized carbons (Fsp3) is 0.571. The van der Waals surface area contributed by atoms with Crippen LogP contribution in [0.1, 0.15) is 39.0 Å². The molecule has 1 aliphatic rings. The predicted molar refractivity (Wildman–Crippen MR) is 70.8 cm³/mol. The third-order valence-electron chi connectivity index (χ3n) is 3.54. The zero-order chi connectivity index (χ0) is 12.3. The molecule has 0 heterocycles. The number of ether oxygens (including phenoxy) is 1. The summed E-state index contributed by atoms with van der Waals surface area (Å²) >= 11 is 3.35. The Morgan fingerprint density at radius 3 is 2.82 bits per heavy atom. The van der Waals surface area contributed by atoms with Crippen LogP contribution in [0, 0.1) is 11.7 Å². The van der Waals surface area contributed by atoms with Gasteiger partial charge in [-0.3, -0.25) is 0 Å². The van der Waals surface area contributed by atoms with E-state index in [0.717, 1.165) is 18.6 Å². The van der Waals surface area contributed by atoms with Gasteiger partial charge in [-0.05, 0) is 65.7 Å². The lowest BCUT2D eigenvalue weighted by Gasteiger charge is -2.31. The van der Waals surface area contributed by atoms with E-state index in [2.05, 4.69) is 22.9 Å². The lowest BCUT2D eigenvalue weighted by Crippen LogP contribution is -2.30. The molecule has 94 valence electrons. The van der Waals surface area contributed by atoms with Crippen LogP contribution in [0.4, 0.5) is 4.39 Å². The Hall–Kier alpha value is -0.570. The lowest BCUT2D eigenvalue weighted by molar-refractivity contribution is 0.0895. The van der Waals surface area contributed by atoms with Crippen molar-refractivity contribution in [2.45, 2.75) is 45.1 Å². The van der Waals surface area contributed by atoms with Gasteiger partial charge >= 0.3 is 0 Å². The average molecular weight is 301 g/mol. The van der Waals surface area contributed by atoms with Gasteiger partial charge in [-0.1, -0.05) is 13.3 Å². The molecule has 0 saturated heterocycles. The first kappa shape index (κ1) is 12.9. The molecule has 1 aromatic rings. The van der Waals surface area contributed by atoms with E-state index in [9.17, 15) is 4.39 Å². The average Bonchev–Trinajstić information content (AvgIpc) is 2.33. The van der Waals surface area contributed by atoms with Crippen LogP contribution in [0.5, 0.6) is 5.75 Å². The van der Waals surface area contributed by atoms with Crippen LogP contribution in [0.15, 0.2) is 22.7 Å². The topological polar surface area (TPSA) is 9.23 Å². The van der Waals surface area contributed by atoms with E-state index in [1.165, 1.54) is 31.4 Å². The highest BCUT2D eigenvalue weighted by Gasteiger charge is 2.25. The van der Waals surface area contributed by atoms with Gasteiger partial charge in [0.25, 0.3) is 0 Å². The number of hydrogen-bond acceptors (Lipinski definition) is 1. The zero-order valence-electron chi connectivity index (χ0n) is 10.1. The Balaban J connectivity index is 2.08. The lowest BCUT2D eigenvalue weighted by atomic mass is 9.85. The van der Waals surface area contributed by atoms with E-state index in [1.807, 2.05) is 0 Å². The molecule has 1 aromatic carbocycles. The van der Waals surface area contributed by atoms with E-state index < -0.39 is 0 Å². The van der Waals surface area contributed by atoms with Crippen LogP contribution in [-0.4, -0.2) is 6.10 Å². The Bertz CT molecular complexity index is 380. The van der Waals surface area contributed by atoms with Gasteiger partial charge in [0.15, 0.2) is 0 Å². The SMILES string of the molecule is CCC1CCCCC1Oc1ccc(F)cc1Br. The molecule has 1 fully saturated rings. The second-order valence-electron chi connectivity index (χ2n) is 4.68. The smallest absolute Gasteiger partial charge is 0.134 e. The van der Waals surface area contributed by atoms with E-state index in [-0.39, 0.29) is 11.9 Å². The molecule has 1 aliphatic carbocycles. The van der Waals surface area contributed by atoms with Gasteiger partial charge in [-0.2, -0.15) is 0 Å².